The minimum atomic E-state index is 0.456. The number of benzene rings is 1. The molecule has 2 nitrogen and oxygen atoms in total. The Morgan fingerprint density at radius 2 is 1.95 bits per heavy atom. The topological polar surface area (TPSA) is 21.3 Å². The first-order valence-electron chi connectivity index (χ1n) is 8.43. The molecule has 1 aliphatic rings. The Labute approximate surface area is 130 Å². The number of nitrogens with one attached hydrogen (secondary N) is 1. The van der Waals surface area contributed by atoms with Crippen molar-refractivity contribution in [1.29, 1.82) is 0 Å². The molecular weight excluding hydrogens is 258 g/mol. The number of hydrogen-bond donors (Lipinski definition) is 1. The fourth-order valence-electron chi connectivity index (χ4n) is 3.90. The molecule has 118 valence electrons. The van der Waals surface area contributed by atoms with E-state index in [9.17, 15) is 0 Å². The average Bonchev–Trinajstić information content (AvgIpc) is 2.47. The molecule has 21 heavy (non-hydrogen) atoms. The van der Waals surface area contributed by atoms with Crippen molar-refractivity contribution in [1.82, 2.24) is 5.32 Å². The van der Waals surface area contributed by atoms with Gasteiger partial charge in [-0.2, -0.15) is 0 Å². The Morgan fingerprint density at radius 1 is 1.24 bits per heavy atom. The molecule has 2 unspecified atom stereocenters. The minimum Gasteiger partial charge on any atom is -0.497 e. The maximum absolute atomic E-state index is 5.26. The second-order valence-corrected chi connectivity index (χ2v) is 7.06. The molecule has 0 heterocycles. The summed E-state index contributed by atoms with van der Waals surface area (Å²) in [5, 5.41) is 3.75. The van der Waals surface area contributed by atoms with Crippen molar-refractivity contribution in [2.45, 2.75) is 58.9 Å². The van der Waals surface area contributed by atoms with E-state index in [1.165, 1.54) is 31.2 Å². The summed E-state index contributed by atoms with van der Waals surface area (Å²) in [7, 11) is 1.72. The Bertz CT molecular complexity index is 424. The van der Waals surface area contributed by atoms with Gasteiger partial charge in [-0.1, -0.05) is 45.7 Å². The van der Waals surface area contributed by atoms with Crippen LogP contribution in [0.4, 0.5) is 0 Å². The van der Waals surface area contributed by atoms with Gasteiger partial charge in [0, 0.05) is 6.04 Å². The van der Waals surface area contributed by atoms with Crippen LogP contribution in [0.25, 0.3) is 0 Å². The lowest BCUT2D eigenvalue weighted by molar-refractivity contribution is 0.0987. The molecule has 0 aliphatic heterocycles. The molecule has 1 aliphatic carbocycles. The lowest BCUT2D eigenvalue weighted by Gasteiger charge is -2.43. The summed E-state index contributed by atoms with van der Waals surface area (Å²) < 4.78 is 5.26. The Hall–Kier alpha value is -1.02. The highest BCUT2D eigenvalue weighted by molar-refractivity contribution is 5.27. The van der Waals surface area contributed by atoms with E-state index in [-0.39, 0.29) is 0 Å². The summed E-state index contributed by atoms with van der Waals surface area (Å²) in [6.07, 6.45) is 6.62. The molecule has 0 radical (unpaired) electrons. The number of rotatable bonds is 6. The number of hydrogen-bond acceptors (Lipinski definition) is 2. The predicted octanol–water partition coefficient (Wildman–Crippen LogP) is 4.43. The predicted molar refractivity (Wildman–Crippen MR) is 89.9 cm³/mol. The maximum Gasteiger partial charge on any atom is 0.118 e. The molecule has 1 fully saturated rings. The Kier molecular flexibility index (Phi) is 5.69. The van der Waals surface area contributed by atoms with E-state index in [1.54, 1.807) is 7.11 Å². The highest BCUT2D eigenvalue weighted by Crippen LogP contribution is 2.43. The molecule has 1 N–H and O–H groups in total. The summed E-state index contributed by atoms with van der Waals surface area (Å²) in [6, 6.07) is 9.14. The van der Waals surface area contributed by atoms with Crippen molar-refractivity contribution in [3.05, 3.63) is 29.8 Å². The largest absolute Gasteiger partial charge is 0.497 e. The Balaban J connectivity index is 2.10. The van der Waals surface area contributed by atoms with Crippen LogP contribution in [0.3, 0.4) is 0 Å². The summed E-state index contributed by atoms with van der Waals surface area (Å²) in [6.45, 7) is 8.18. The van der Waals surface area contributed by atoms with Crippen LogP contribution in [0, 0.1) is 11.3 Å². The number of likely N-dealkylation sites (N-methyl/N-ethyl adjacent to an activating group) is 1. The van der Waals surface area contributed by atoms with Crippen molar-refractivity contribution in [3.63, 3.8) is 0 Å². The number of ether oxygens (including phenoxy) is 1. The monoisotopic (exact) mass is 289 g/mol. The van der Waals surface area contributed by atoms with E-state index in [0.29, 0.717) is 11.5 Å². The van der Waals surface area contributed by atoms with Crippen LogP contribution >= 0.6 is 0 Å². The molecule has 2 atom stereocenters. The summed E-state index contributed by atoms with van der Waals surface area (Å²) in [5.74, 6) is 1.71. The normalized spacial score (nSPS) is 22.8. The fourth-order valence-corrected chi connectivity index (χ4v) is 3.90. The molecule has 0 aromatic heterocycles. The van der Waals surface area contributed by atoms with E-state index in [4.69, 9.17) is 4.74 Å². The highest BCUT2D eigenvalue weighted by atomic mass is 16.5. The summed E-state index contributed by atoms with van der Waals surface area (Å²) >= 11 is 0. The van der Waals surface area contributed by atoms with Crippen LogP contribution in [-0.2, 0) is 6.42 Å². The second kappa shape index (κ2) is 7.31. The first kappa shape index (κ1) is 16.4. The highest BCUT2D eigenvalue weighted by Gasteiger charge is 2.37. The smallest absolute Gasteiger partial charge is 0.118 e. The first-order valence-corrected chi connectivity index (χ1v) is 8.43. The summed E-state index contributed by atoms with van der Waals surface area (Å²) in [5.41, 5.74) is 1.86. The quantitative estimate of drug-likeness (QED) is 0.836. The standard InChI is InChI=1S/C19H31NO/c1-5-20-18(17-8-6-7-13-19(17,2)3)14-15-9-11-16(21-4)12-10-15/h9-12,17-18,20H,5-8,13-14H2,1-4H3. The molecule has 1 aromatic carbocycles. The van der Waals surface area contributed by atoms with Gasteiger partial charge in [-0.15, -0.1) is 0 Å². The van der Waals surface area contributed by atoms with Gasteiger partial charge in [-0.25, -0.2) is 0 Å². The van der Waals surface area contributed by atoms with Gasteiger partial charge in [0.1, 0.15) is 5.75 Å². The van der Waals surface area contributed by atoms with Gasteiger partial charge in [0.2, 0.25) is 0 Å². The van der Waals surface area contributed by atoms with Crippen molar-refractivity contribution >= 4 is 0 Å². The van der Waals surface area contributed by atoms with E-state index in [2.05, 4.69) is 50.4 Å². The third-order valence-electron chi connectivity index (χ3n) is 5.16. The second-order valence-electron chi connectivity index (χ2n) is 7.06. The van der Waals surface area contributed by atoms with Gasteiger partial charge in [0.05, 0.1) is 7.11 Å². The molecule has 1 saturated carbocycles. The van der Waals surface area contributed by atoms with Gasteiger partial charge in [-0.05, 0) is 54.8 Å². The zero-order valence-corrected chi connectivity index (χ0v) is 14.1. The van der Waals surface area contributed by atoms with Gasteiger partial charge in [-0.3, -0.25) is 0 Å². The van der Waals surface area contributed by atoms with Crippen molar-refractivity contribution < 1.29 is 4.74 Å². The van der Waals surface area contributed by atoms with Gasteiger partial charge in [0.15, 0.2) is 0 Å². The van der Waals surface area contributed by atoms with Crippen molar-refractivity contribution in [2.75, 3.05) is 13.7 Å². The summed E-state index contributed by atoms with van der Waals surface area (Å²) in [4.78, 5) is 0. The van der Waals surface area contributed by atoms with Crippen molar-refractivity contribution in [3.8, 4) is 5.75 Å². The third kappa shape index (κ3) is 4.23. The fraction of sp³-hybridized carbons (Fsp3) is 0.684. The third-order valence-corrected chi connectivity index (χ3v) is 5.16. The van der Waals surface area contributed by atoms with Crippen LogP contribution < -0.4 is 10.1 Å². The molecule has 0 spiro atoms. The van der Waals surface area contributed by atoms with Gasteiger partial charge >= 0.3 is 0 Å². The molecule has 1 aromatic rings. The van der Waals surface area contributed by atoms with E-state index < -0.39 is 0 Å². The molecule has 0 amide bonds. The van der Waals surface area contributed by atoms with E-state index in [1.807, 2.05) is 0 Å². The molecule has 0 bridgehead atoms. The number of methoxy groups -OCH3 is 1. The average molecular weight is 289 g/mol. The molecule has 2 rings (SSSR count). The zero-order valence-electron chi connectivity index (χ0n) is 14.1. The molecular formula is C19H31NO. The van der Waals surface area contributed by atoms with Crippen molar-refractivity contribution in [2.24, 2.45) is 11.3 Å². The lowest BCUT2D eigenvalue weighted by Crippen LogP contribution is -2.46. The SMILES string of the molecule is CCNC(Cc1ccc(OC)cc1)C1CCCCC1(C)C. The Morgan fingerprint density at radius 3 is 2.52 bits per heavy atom. The minimum absolute atomic E-state index is 0.456. The van der Waals surface area contributed by atoms with E-state index >= 15 is 0 Å². The molecule has 2 heteroatoms. The van der Waals surface area contributed by atoms with Crippen LogP contribution in [0.5, 0.6) is 5.75 Å². The van der Waals surface area contributed by atoms with Gasteiger partial charge < -0.3 is 10.1 Å². The zero-order chi connectivity index (χ0) is 15.3. The first-order chi connectivity index (χ1) is 10.1. The van der Waals surface area contributed by atoms with Gasteiger partial charge in [0.25, 0.3) is 0 Å². The van der Waals surface area contributed by atoms with Crippen LogP contribution in [0.2, 0.25) is 0 Å². The maximum atomic E-state index is 5.26. The lowest BCUT2D eigenvalue weighted by atomic mass is 9.65. The molecule has 0 saturated heterocycles. The van der Waals surface area contributed by atoms with E-state index in [0.717, 1.165) is 24.6 Å². The van der Waals surface area contributed by atoms with Crippen LogP contribution in [0.1, 0.15) is 52.0 Å². The van der Waals surface area contributed by atoms with Crippen LogP contribution in [-0.4, -0.2) is 19.7 Å². The van der Waals surface area contributed by atoms with Crippen LogP contribution in [0.15, 0.2) is 24.3 Å².